The molecule has 0 bridgehead atoms. The van der Waals surface area contributed by atoms with Crippen LogP contribution in [0.15, 0.2) is 12.4 Å². The highest BCUT2D eigenvalue weighted by Crippen LogP contribution is 2.34. The number of nitrogens with zero attached hydrogens (tertiary/aromatic N) is 2. The summed E-state index contributed by atoms with van der Waals surface area (Å²) in [4.78, 5) is 14.0. The van der Waals surface area contributed by atoms with Crippen molar-refractivity contribution in [3.8, 4) is 5.75 Å². The predicted molar refractivity (Wildman–Crippen MR) is 49.3 cm³/mol. The van der Waals surface area contributed by atoms with Gasteiger partial charge in [0.05, 0.1) is 11.0 Å². The lowest BCUT2D eigenvalue weighted by Crippen LogP contribution is -2.02. The third kappa shape index (κ3) is 1.66. The second-order valence-electron chi connectivity index (χ2n) is 3.38. The molecule has 0 atom stereocenters. The molecule has 1 aliphatic rings. The molecule has 0 aromatic carbocycles. The molecule has 14 heavy (non-hydrogen) atoms. The molecule has 1 aromatic heterocycles. The van der Waals surface area contributed by atoms with Crippen molar-refractivity contribution >= 4 is 5.69 Å². The van der Waals surface area contributed by atoms with Crippen LogP contribution < -0.4 is 4.74 Å². The molecule has 2 rings (SSSR count). The van der Waals surface area contributed by atoms with Gasteiger partial charge in [0.2, 0.25) is 5.75 Å². The van der Waals surface area contributed by atoms with E-state index in [0.29, 0.717) is 11.3 Å². The van der Waals surface area contributed by atoms with Crippen LogP contribution in [0.25, 0.3) is 0 Å². The van der Waals surface area contributed by atoms with E-state index in [4.69, 9.17) is 4.74 Å². The minimum Gasteiger partial charge on any atom is -0.483 e. The molecule has 74 valence electrons. The molecule has 5 nitrogen and oxygen atoms in total. The summed E-state index contributed by atoms with van der Waals surface area (Å²) in [7, 11) is 0. The van der Waals surface area contributed by atoms with E-state index in [9.17, 15) is 10.1 Å². The Labute approximate surface area is 80.9 Å². The van der Waals surface area contributed by atoms with Gasteiger partial charge in [0.15, 0.2) is 0 Å². The van der Waals surface area contributed by atoms with E-state index in [1.165, 1.54) is 6.20 Å². The second kappa shape index (κ2) is 3.25. The molecule has 1 aliphatic carbocycles. The van der Waals surface area contributed by atoms with E-state index >= 15 is 0 Å². The van der Waals surface area contributed by atoms with Crippen molar-refractivity contribution < 1.29 is 9.66 Å². The van der Waals surface area contributed by atoms with Gasteiger partial charge in [-0.2, -0.15) is 0 Å². The van der Waals surface area contributed by atoms with Gasteiger partial charge in [0.25, 0.3) is 0 Å². The van der Waals surface area contributed by atoms with Gasteiger partial charge in [0.1, 0.15) is 6.20 Å². The van der Waals surface area contributed by atoms with Crippen LogP contribution in [0.1, 0.15) is 18.4 Å². The van der Waals surface area contributed by atoms with Gasteiger partial charge < -0.3 is 4.74 Å². The van der Waals surface area contributed by atoms with Crippen LogP contribution in [0.4, 0.5) is 5.69 Å². The Hall–Kier alpha value is -1.65. The monoisotopic (exact) mass is 194 g/mol. The second-order valence-corrected chi connectivity index (χ2v) is 3.38. The van der Waals surface area contributed by atoms with E-state index in [-0.39, 0.29) is 11.8 Å². The fourth-order valence-corrected chi connectivity index (χ4v) is 1.17. The summed E-state index contributed by atoms with van der Waals surface area (Å²) in [6, 6.07) is 0. The molecule has 1 saturated carbocycles. The van der Waals surface area contributed by atoms with Crippen LogP contribution in [0, 0.1) is 17.0 Å². The van der Waals surface area contributed by atoms with Gasteiger partial charge in [-0.3, -0.25) is 15.1 Å². The van der Waals surface area contributed by atoms with Gasteiger partial charge in [-0.25, -0.2) is 0 Å². The first-order valence-electron chi connectivity index (χ1n) is 4.44. The molecule has 1 aromatic rings. The van der Waals surface area contributed by atoms with Crippen LogP contribution in [-0.2, 0) is 0 Å². The first kappa shape index (κ1) is 8.93. The molecule has 0 radical (unpaired) electrons. The first-order chi connectivity index (χ1) is 6.68. The summed E-state index contributed by atoms with van der Waals surface area (Å²) in [5.74, 6) is 0.368. The molecule has 5 heteroatoms. The molecule has 0 N–H and O–H groups in total. The Morgan fingerprint density at radius 2 is 2.29 bits per heavy atom. The van der Waals surface area contributed by atoms with Crippen molar-refractivity contribution in [3.63, 3.8) is 0 Å². The summed E-state index contributed by atoms with van der Waals surface area (Å²) in [6.07, 6.45) is 4.93. The van der Waals surface area contributed by atoms with Crippen LogP contribution in [0.3, 0.4) is 0 Å². The number of hydrogen-bond acceptors (Lipinski definition) is 4. The summed E-state index contributed by atoms with van der Waals surface area (Å²) in [6.45, 7) is 1.76. The smallest absolute Gasteiger partial charge is 0.329 e. The number of aromatic nitrogens is 1. The Morgan fingerprint density at radius 3 is 2.86 bits per heavy atom. The maximum atomic E-state index is 10.7. The normalized spacial score (nSPS) is 15.2. The molecule has 0 spiro atoms. The Bertz CT molecular complexity index is 374. The van der Waals surface area contributed by atoms with Crippen LogP contribution in [0.2, 0.25) is 0 Å². The van der Waals surface area contributed by atoms with E-state index < -0.39 is 4.92 Å². The highest BCUT2D eigenvalue weighted by atomic mass is 16.6. The fraction of sp³-hybridized carbons (Fsp3) is 0.444. The van der Waals surface area contributed by atoms with Crippen LogP contribution in [0.5, 0.6) is 5.75 Å². The number of aryl methyl sites for hydroxylation is 1. The molecule has 0 unspecified atom stereocenters. The standard InChI is InChI=1S/C9H10N2O3/c1-6-4-10-5-8(11(12)13)9(6)14-7-2-3-7/h4-5,7H,2-3H2,1H3. The maximum absolute atomic E-state index is 10.7. The lowest BCUT2D eigenvalue weighted by atomic mass is 10.2. The molecule has 0 amide bonds. The zero-order chi connectivity index (χ0) is 10.1. The zero-order valence-corrected chi connectivity index (χ0v) is 7.77. The minimum absolute atomic E-state index is 0.0445. The maximum Gasteiger partial charge on any atom is 0.329 e. The number of nitro groups is 1. The van der Waals surface area contributed by atoms with E-state index in [1.807, 2.05) is 0 Å². The van der Waals surface area contributed by atoms with Crippen molar-refractivity contribution in [1.82, 2.24) is 4.98 Å². The minimum atomic E-state index is -0.461. The first-order valence-corrected chi connectivity index (χ1v) is 4.44. The summed E-state index contributed by atoms with van der Waals surface area (Å²) >= 11 is 0. The summed E-state index contributed by atoms with van der Waals surface area (Å²) < 4.78 is 5.47. The number of hydrogen-bond donors (Lipinski definition) is 0. The lowest BCUT2D eigenvalue weighted by Gasteiger charge is -2.06. The lowest BCUT2D eigenvalue weighted by molar-refractivity contribution is -0.386. The van der Waals surface area contributed by atoms with E-state index in [2.05, 4.69) is 4.98 Å². The largest absolute Gasteiger partial charge is 0.483 e. The predicted octanol–water partition coefficient (Wildman–Crippen LogP) is 1.84. The van der Waals surface area contributed by atoms with Crippen molar-refractivity contribution in [2.75, 3.05) is 0 Å². The third-order valence-electron chi connectivity index (χ3n) is 2.06. The highest BCUT2D eigenvalue weighted by Gasteiger charge is 2.28. The van der Waals surface area contributed by atoms with Gasteiger partial charge in [-0.05, 0) is 19.8 Å². The summed E-state index contributed by atoms with van der Waals surface area (Å²) in [5, 5.41) is 10.7. The number of ether oxygens (including phenoxy) is 1. The molecule has 1 fully saturated rings. The van der Waals surface area contributed by atoms with Crippen LogP contribution in [-0.4, -0.2) is 16.0 Å². The van der Waals surface area contributed by atoms with Gasteiger partial charge in [0, 0.05) is 11.8 Å². The average Bonchev–Trinajstić information content (AvgIpc) is 2.91. The third-order valence-corrected chi connectivity index (χ3v) is 2.06. The van der Waals surface area contributed by atoms with Gasteiger partial charge in [-0.15, -0.1) is 0 Å². The van der Waals surface area contributed by atoms with E-state index in [0.717, 1.165) is 12.8 Å². The quantitative estimate of drug-likeness (QED) is 0.544. The highest BCUT2D eigenvalue weighted by molar-refractivity contribution is 5.48. The van der Waals surface area contributed by atoms with Crippen molar-refractivity contribution in [2.45, 2.75) is 25.9 Å². The Morgan fingerprint density at radius 1 is 1.57 bits per heavy atom. The number of rotatable bonds is 3. The zero-order valence-electron chi connectivity index (χ0n) is 7.77. The Balaban J connectivity index is 2.36. The SMILES string of the molecule is Cc1cncc([N+](=O)[O-])c1OC1CC1. The molecule has 0 saturated heterocycles. The van der Waals surface area contributed by atoms with Crippen molar-refractivity contribution in [1.29, 1.82) is 0 Å². The van der Waals surface area contributed by atoms with Crippen LogP contribution >= 0.6 is 0 Å². The summed E-state index contributed by atoms with van der Waals surface area (Å²) in [5.41, 5.74) is 0.669. The van der Waals surface area contributed by atoms with E-state index in [1.54, 1.807) is 13.1 Å². The molecular formula is C9H10N2O3. The van der Waals surface area contributed by atoms with Gasteiger partial charge in [-0.1, -0.05) is 0 Å². The molecule has 1 heterocycles. The number of pyridine rings is 1. The average molecular weight is 194 g/mol. The molecular weight excluding hydrogens is 184 g/mol. The van der Waals surface area contributed by atoms with Crippen molar-refractivity contribution in [2.24, 2.45) is 0 Å². The van der Waals surface area contributed by atoms with Gasteiger partial charge >= 0.3 is 5.69 Å². The fourth-order valence-electron chi connectivity index (χ4n) is 1.17. The molecule has 0 aliphatic heterocycles. The Kier molecular flexibility index (Phi) is 2.07. The topological polar surface area (TPSA) is 65.3 Å². The van der Waals surface area contributed by atoms with Crippen molar-refractivity contribution in [3.05, 3.63) is 28.1 Å².